The molecule has 0 aliphatic carbocycles. The average molecular weight is 195 g/mol. The second-order valence-electron chi connectivity index (χ2n) is 2.66. The van der Waals surface area contributed by atoms with Crippen LogP contribution in [0.25, 0.3) is 0 Å². The summed E-state index contributed by atoms with van der Waals surface area (Å²) in [6.45, 7) is 0.489. The number of aromatic nitrogens is 2. The van der Waals surface area contributed by atoms with Crippen LogP contribution < -0.4 is 16.4 Å². The number of amides is 1. The van der Waals surface area contributed by atoms with Crippen LogP contribution in [-0.2, 0) is 4.79 Å². The number of hydrogen-bond donors (Lipinski definition) is 3. The molecule has 1 aromatic heterocycles. The fraction of sp³-hybridized carbons (Fsp3) is 0.375. The normalized spacial score (nSPS) is 9.50. The van der Waals surface area contributed by atoms with Crippen LogP contribution in [0.5, 0.6) is 0 Å². The van der Waals surface area contributed by atoms with Crippen molar-refractivity contribution >= 4 is 17.7 Å². The Bertz CT molecular complexity index is 314. The Hall–Kier alpha value is -1.85. The van der Waals surface area contributed by atoms with Crippen LogP contribution >= 0.6 is 0 Å². The van der Waals surface area contributed by atoms with E-state index >= 15 is 0 Å². The summed E-state index contributed by atoms with van der Waals surface area (Å²) in [5, 5.41) is 5.41. The number of carbonyl (C=O) groups is 1. The van der Waals surface area contributed by atoms with E-state index in [4.69, 9.17) is 5.73 Å². The highest BCUT2D eigenvalue weighted by Gasteiger charge is 1.98. The quantitative estimate of drug-likeness (QED) is 0.608. The molecule has 4 N–H and O–H groups in total. The second-order valence-corrected chi connectivity index (χ2v) is 2.66. The Kier molecular flexibility index (Phi) is 3.66. The van der Waals surface area contributed by atoms with Crippen LogP contribution in [0.15, 0.2) is 12.3 Å². The molecule has 0 radical (unpaired) electrons. The van der Waals surface area contributed by atoms with Gasteiger partial charge in [0.2, 0.25) is 11.9 Å². The molecule has 76 valence electrons. The van der Waals surface area contributed by atoms with Crippen LogP contribution in [-0.4, -0.2) is 29.5 Å². The molecule has 1 aromatic rings. The third kappa shape index (κ3) is 3.26. The molecule has 1 amide bonds. The third-order valence-corrected chi connectivity index (χ3v) is 1.59. The topological polar surface area (TPSA) is 92.9 Å². The van der Waals surface area contributed by atoms with Gasteiger partial charge in [0.15, 0.2) is 0 Å². The third-order valence-electron chi connectivity index (χ3n) is 1.59. The second kappa shape index (κ2) is 5.00. The summed E-state index contributed by atoms with van der Waals surface area (Å²) in [5.41, 5.74) is 5.45. The minimum absolute atomic E-state index is 0.0265. The van der Waals surface area contributed by atoms with E-state index in [2.05, 4.69) is 20.6 Å². The number of nitrogens with two attached hydrogens (primary N) is 1. The number of carbonyl (C=O) groups excluding carboxylic acids is 1. The van der Waals surface area contributed by atoms with Crippen LogP contribution in [0.3, 0.4) is 0 Å². The van der Waals surface area contributed by atoms with Gasteiger partial charge in [-0.3, -0.25) is 4.79 Å². The van der Waals surface area contributed by atoms with Gasteiger partial charge in [-0.05, 0) is 6.07 Å². The molecule has 0 fully saturated rings. The summed E-state index contributed by atoms with van der Waals surface area (Å²) in [4.78, 5) is 18.7. The van der Waals surface area contributed by atoms with E-state index in [0.29, 0.717) is 24.7 Å². The monoisotopic (exact) mass is 195 g/mol. The molecule has 14 heavy (non-hydrogen) atoms. The number of anilines is 2. The number of nitrogens with one attached hydrogen (secondary N) is 2. The standard InChI is InChI=1S/C8H13N5O/c1-10-7(14)3-5-12-8-11-4-2-6(9)13-8/h2,4H,3,5H2,1H3,(H,10,14)(H3,9,11,12,13). The molecular formula is C8H13N5O. The lowest BCUT2D eigenvalue weighted by molar-refractivity contribution is -0.120. The molecule has 0 spiro atoms. The lowest BCUT2D eigenvalue weighted by atomic mass is 10.4. The lowest BCUT2D eigenvalue weighted by Gasteiger charge is -2.03. The van der Waals surface area contributed by atoms with Gasteiger partial charge in [0.1, 0.15) is 5.82 Å². The van der Waals surface area contributed by atoms with Gasteiger partial charge in [-0.2, -0.15) is 4.98 Å². The van der Waals surface area contributed by atoms with Crippen molar-refractivity contribution in [3.05, 3.63) is 12.3 Å². The van der Waals surface area contributed by atoms with Crippen molar-refractivity contribution in [2.45, 2.75) is 6.42 Å². The summed E-state index contributed by atoms with van der Waals surface area (Å²) >= 11 is 0. The molecule has 0 saturated heterocycles. The molecule has 6 nitrogen and oxygen atoms in total. The minimum Gasteiger partial charge on any atom is -0.384 e. The average Bonchev–Trinajstić information content (AvgIpc) is 2.17. The first-order valence-electron chi connectivity index (χ1n) is 4.25. The zero-order chi connectivity index (χ0) is 10.4. The maximum absolute atomic E-state index is 10.9. The Morgan fingerprint density at radius 2 is 2.43 bits per heavy atom. The molecule has 1 rings (SSSR count). The molecule has 0 bridgehead atoms. The van der Waals surface area contributed by atoms with Crippen molar-refractivity contribution in [1.82, 2.24) is 15.3 Å². The highest BCUT2D eigenvalue weighted by molar-refractivity contribution is 5.75. The van der Waals surface area contributed by atoms with Crippen LogP contribution in [0.4, 0.5) is 11.8 Å². The highest BCUT2D eigenvalue weighted by Crippen LogP contribution is 2.00. The molecule has 0 aromatic carbocycles. The first-order chi connectivity index (χ1) is 6.72. The van der Waals surface area contributed by atoms with Gasteiger partial charge in [-0.15, -0.1) is 0 Å². The molecule has 0 aliphatic rings. The summed E-state index contributed by atoms with van der Waals surface area (Å²) in [7, 11) is 1.60. The fourth-order valence-electron chi connectivity index (χ4n) is 0.871. The Labute approximate surface area is 81.9 Å². The smallest absolute Gasteiger partial charge is 0.224 e. The van der Waals surface area contributed by atoms with Gasteiger partial charge >= 0.3 is 0 Å². The van der Waals surface area contributed by atoms with Gasteiger partial charge in [-0.1, -0.05) is 0 Å². The Balaban J connectivity index is 2.35. The van der Waals surface area contributed by atoms with E-state index in [1.54, 1.807) is 19.3 Å². The molecule has 0 atom stereocenters. The van der Waals surface area contributed by atoms with Crippen molar-refractivity contribution in [3.8, 4) is 0 Å². The number of hydrogen-bond acceptors (Lipinski definition) is 5. The van der Waals surface area contributed by atoms with Gasteiger partial charge < -0.3 is 16.4 Å². The largest absolute Gasteiger partial charge is 0.384 e. The zero-order valence-electron chi connectivity index (χ0n) is 7.95. The Morgan fingerprint density at radius 3 is 3.07 bits per heavy atom. The first kappa shape index (κ1) is 10.2. The van der Waals surface area contributed by atoms with E-state index in [1.165, 1.54) is 0 Å². The summed E-state index contributed by atoms with van der Waals surface area (Å²) in [6, 6.07) is 1.60. The van der Waals surface area contributed by atoms with Gasteiger partial charge in [-0.25, -0.2) is 4.98 Å². The van der Waals surface area contributed by atoms with Crippen LogP contribution in [0.2, 0.25) is 0 Å². The van der Waals surface area contributed by atoms with Crippen molar-refractivity contribution in [3.63, 3.8) is 0 Å². The number of rotatable bonds is 4. The molecule has 0 aliphatic heterocycles. The summed E-state index contributed by atoms with van der Waals surface area (Å²) < 4.78 is 0. The molecule has 0 unspecified atom stereocenters. The van der Waals surface area contributed by atoms with E-state index in [1.807, 2.05) is 0 Å². The maximum Gasteiger partial charge on any atom is 0.224 e. The van der Waals surface area contributed by atoms with E-state index in [0.717, 1.165) is 0 Å². The summed E-state index contributed by atoms with van der Waals surface area (Å²) in [5.74, 6) is 0.817. The number of nitrogen functional groups attached to an aromatic ring is 1. The van der Waals surface area contributed by atoms with Crippen molar-refractivity contribution < 1.29 is 4.79 Å². The van der Waals surface area contributed by atoms with Crippen LogP contribution in [0.1, 0.15) is 6.42 Å². The summed E-state index contributed by atoms with van der Waals surface area (Å²) in [6.07, 6.45) is 1.94. The van der Waals surface area contributed by atoms with Crippen molar-refractivity contribution in [1.29, 1.82) is 0 Å². The van der Waals surface area contributed by atoms with Gasteiger partial charge in [0.05, 0.1) is 0 Å². The molecule has 6 heteroatoms. The maximum atomic E-state index is 10.9. The Morgan fingerprint density at radius 1 is 1.64 bits per heavy atom. The fourth-order valence-corrected chi connectivity index (χ4v) is 0.871. The SMILES string of the molecule is CNC(=O)CCNc1nccc(N)n1. The van der Waals surface area contributed by atoms with E-state index in [-0.39, 0.29) is 5.91 Å². The predicted molar refractivity (Wildman–Crippen MR) is 53.6 cm³/mol. The van der Waals surface area contributed by atoms with Gasteiger partial charge in [0.25, 0.3) is 0 Å². The zero-order valence-corrected chi connectivity index (χ0v) is 7.95. The van der Waals surface area contributed by atoms with E-state index < -0.39 is 0 Å². The predicted octanol–water partition coefficient (Wildman–Crippen LogP) is -0.393. The molecule has 1 heterocycles. The van der Waals surface area contributed by atoms with Crippen molar-refractivity contribution in [2.75, 3.05) is 24.6 Å². The van der Waals surface area contributed by atoms with Gasteiger partial charge in [0, 0.05) is 26.2 Å². The minimum atomic E-state index is -0.0265. The van der Waals surface area contributed by atoms with E-state index in [9.17, 15) is 4.79 Å². The first-order valence-corrected chi connectivity index (χ1v) is 4.25. The lowest BCUT2D eigenvalue weighted by Crippen LogP contribution is -2.21. The molecule has 0 saturated carbocycles. The van der Waals surface area contributed by atoms with Crippen molar-refractivity contribution in [2.24, 2.45) is 0 Å². The highest BCUT2D eigenvalue weighted by atomic mass is 16.1. The number of nitrogens with zero attached hydrogens (tertiary/aromatic N) is 2. The molecular weight excluding hydrogens is 182 g/mol. The van der Waals surface area contributed by atoms with Crippen LogP contribution in [0, 0.1) is 0 Å².